The van der Waals surface area contributed by atoms with Gasteiger partial charge in [0.1, 0.15) is 11.5 Å². The van der Waals surface area contributed by atoms with Crippen LogP contribution in [0.15, 0.2) is 24.7 Å². The lowest BCUT2D eigenvalue weighted by Crippen LogP contribution is -2.03. The van der Waals surface area contributed by atoms with Crippen molar-refractivity contribution in [3.8, 4) is 0 Å². The fourth-order valence-corrected chi connectivity index (χ4v) is 1.46. The lowest BCUT2D eigenvalue weighted by Gasteiger charge is -2.03. The number of methoxy groups -OCH3 is 1. The van der Waals surface area contributed by atoms with E-state index in [1.807, 2.05) is 0 Å². The number of esters is 1. The number of aromatic nitrogens is 2. The van der Waals surface area contributed by atoms with Gasteiger partial charge >= 0.3 is 5.97 Å². The molecular weight excluding hydrogens is 204 g/mol. The number of fused-ring (bicyclic) bond motifs is 1. The Bertz CT molecular complexity index is 493. The third kappa shape index (κ3) is 1.24. The third-order valence-corrected chi connectivity index (χ3v) is 2.25. The molecule has 2 heterocycles. The van der Waals surface area contributed by atoms with E-state index >= 15 is 0 Å². The Morgan fingerprint density at radius 1 is 1.57 bits per heavy atom. The summed E-state index contributed by atoms with van der Waals surface area (Å²) in [6.07, 6.45) is 3.11. The minimum absolute atomic E-state index is 0.396. The van der Waals surface area contributed by atoms with E-state index in [1.54, 1.807) is 29.1 Å². The summed E-state index contributed by atoms with van der Waals surface area (Å²) in [5.74, 6) is -0.396. The largest absolute Gasteiger partial charge is 0.465 e. The highest BCUT2D eigenvalue weighted by molar-refractivity contribution is 6.30. The van der Waals surface area contributed by atoms with Gasteiger partial charge in [0, 0.05) is 0 Å². The standard InChI is InChI=1S/C9H7ClN2O2/c1-14-9(13)6-2-3-8(10)12-5-11-4-7(6)12/h2-5H,1H3. The molecule has 2 aromatic heterocycles. The fraction of sp³-hybridized carbons (Fsp3) is 0.111. The van der Waals surface area contributed by atoms with Gasteiger partial charge in [-0.1, -0.05) is 11.6 Å². The number of nitrogens with zero attached hydrogens (tertiary/aromatic N) is 2. The molecule has 0 saturated heterocycles. The molecule has 2 aromatic rings. The third-order valence-electron chi connectivity index (χ3n) is 1.94. The zero-order chi connectivity index (χ0) is 10.1. The van der Waals surface area contributed by atoms with Gasteiger partial charge < -0.3 is 4.74 Å². The van der Waals surface area contributed by atoms with Gasteiger partial charge in [-0.3, -0.25) is 4.40 Å². The number of hydrogen-bond donors (Lipinski definition) is 0. The second-order valence-electron chi connectivity index (χ2n) is 2.71. The van der Waals surface area contributed by atoms with Crippen LogP contribution in [0.5, 0.6) is 0 Å². The van der Waals surface area contributed by atoms with Crippen molar-refractivity contribution in [3.05, 3.63) is 35.4 Å². The van der Waals surface area contributed by atoms with Crippen LogP contribution in [0.1, 0.15) is 10.4 Å². The molecule has 4 nitrogen and oxygen atoms in total. The number of hydrogen-bond acceptors (Lipinski definition) is 3. The van der Waals surface area contributed by atoms with Crippen LogP contribution in [0, 0.1) is 0 Å². The van der Waals surface area contributed by atoms with E-state index in [1.165, 1.54) is 7.11 Å². The van der Waals surface area contributed by atoms with Crippen molar-refractivity contribution in [1.82, 2.24) is 9.38 Å². The first kappa shape index (κ1) is 9.02. The van der Waals surface area contributed by atoms with Gasteiger partial charge in [-0.15, -0.1) is 0 Å². The Hall–Kier alpha value is -1.55. The van der Waals surface area contributed by atoms with Crippen LogP contribution in [0.25, 0.3) is 5.52 Å². The number of ether oxygens (including phenoxy) is 1. The lowest BCUT2D eigenvalue weighted by molar-refractivity contribution is 0.0602. The molecule has 72 valence electrons. The highest BCUT2D eigenvalue weighted by Crippen LogP contribution is 2.17. The second kappa shape index (κ2) is 3.31. The molecule has 0 fully saturated rings. The number of pyridine rings is 1. The Balaban J connectivity index is 2.72. The monoisotopic (exact) mass is 210 g/mol. The summed E-state index contributed by atoms with van der Waals surface area (Å²) in [6.45, 7) is 0. The summed E-state index contributed by atoms with van der Waals surface area (Å²) in [5.41, 5.74) is 1.10. The van der Waals surface area contributed by atoms with Crippen molar-refractivity contribution in [1.29, 1.82) is 0 Å². The van der Waals surface area contributed by atoms with Crippen molar-refractivity contribution in [2.24, 2.45) is 0 Å². The van der Waals surface area contributed by atoms with E-state index in [0.29, 0.717) is 16.2 Å². The molecule has 2 rings (SSSR count). The summed E-state index contributed by atoms with van der Waals surface area (Å²) in [4.78, 5) is 15.2. The lowest BCUT2D eigenvalue weighted by atomic mass is 10.2. The summed E-state index contributed by atoms with van der Waals surface area (Å²) < 4.78 is 6.25. The van der Waals surface area contributed by atoms with Gasteiger partial charge in [-0.05, 0) is 12.1 Å². The fourth-order valence-electron chi connectivity index (χ4n) is 1.26. The van der Waals surface area contributed by atoms with Crippen LogP contribution in [-0.2, 0) is 4.74 Å². The molecule has 0 N–H and O–H groups in total. The quantitative estimate of drug-likeness (QED) is 0.532. The maximum atomic E-state index is 11.3. The molecular formula is C9H7ClN2O2. The summed E-state index contributed by atoms with van der Waals surface area (Å²) in [5, 5.41) is 0.505. The molecule has 14 heavy (non-hydrogen) atoms. The molecule has 0 aliphatic rings. The minimum Gasteiger partial charge on any atom is -0.465 e. The first-order valence-electron chi connectivity index (χ1n) is 3.93. The van der Waals surface area contributed by atoms with Gasteiger partial charge in [0.15, 0.2) is 0 Å². The maximum absolute atomic E-state index is 11.3. The molecule has 0 unspecified atom stereocenters. The minimum atomic E-state index is -0.396. The molecule has 0 aliphatic heterocycles. The zero-order valence-electron chi connectivity index (χ0n) is 7.40. The smallest absolute Gasteiger partial charge is 0.340 e. The molecule has 5 heteroatoms. The second-order valence-corrected chi connectivity index (χ2v) is 3.10. The van der Waals surface area contributed by atoms with E-state index in [2.05, 4.69) is 9.72 Å². The molecule has 0 saturated carbocycles. The number of rotatable bonds is 1. The normalized spacial score (nSPS) is 10.4. The molecule has 0 atom stereocenters. The maximum Gasteiger partial charge on any atom is 0.340 e. The first-order valence-corrected chi connectivity index (χ1v) is 4.30. The molecule has 0 aromatic carbocycles. The number of carbonyl (C=O) groups is 1. The van der Waals surface area contributed by atoms with Crippen LogP contribution in [0.4, 0.5) is 0 Å². The van der Waals surface area contributed by atoms with Crippen LogP contribution >= 0.6 is 11.6 Å². The van der Waals surface area contributed by atoms with Gasteiger partial charge in [0.05, 0.1) is 24.4 Å². The van der Waals surface area contributed by atoms with Crippen molar-refractivity contribution < 1.29 is 9.53 Å². The van der Waals surface area contributed by atoms with Crippen molar-refractivity contribution >= 4 is 23.1 Å². The number of carbonyl (C=O) groups excluding carboxylic acids is 1. The van der Waals surface area contributed by atoms with Crippen LogP contribution in [0.3, 0.4) is 0 Å². The van der Waals surface area contributed by atoms with Crippen molar-refractivity contribution in [3.63, 3.8) is 0 Å². The van der Waals surface area contributed by atoms with Crippen LogP contribution in [-0.4, -0.2) is 22.5 Å². The first-order chi connectivity index (χ1) is 6.74. The average molecular weight is 211 g/mol. The van der Waals surface area contributed by atoms with Gasteiger partial charge in [-0.2, -0.15) is 0 Å². The van der Waals surface area contributed by atoms with E-state index < -0.39 is 5.97 Å². The van der Waals surface area contributed by atoms with E-state index in [-0.39, 0.29) is 0 Å². The van der Waals surface area contributed by atoms with Gasteiger partial charge in [-0.25, -0.2) is 9.78 Å². The topological polar surface area (TPSA) is 43.6 Å². The van der Waals surface area contributed by atoms with Crippen LogP contribution < -0.4 is 0 Å². The highest BCUT2D eigenvalue weighted by Gasteiger charge is 2.11. The zero-order valence-corrected chi connectivity index (χ0v) is 8.15. The summed E-state index contributed by atoms with van der Waals surface area (Å²) in [6, 6.07) is 3.24. The number of imidazole rings is 1. The molecule has 0 spiro atoms. The summed E-state index contributed by atoms with van der Waals surface area (Å²) in [7, 11) is 1.34. The number of halogens is 1. The van der Waals surface area contributed by atoms with Crippen molar-refractivity contribution in [2.45, 2.75) is 0 Å². The van der Waals surface area contributed by atoms with E-state index in [9.17, 15) is 4.79 Å². The average Bonchev–Trinajstić information content (AvgIpc) is 2.67. The van der Waals surface area contributed by atoms with Crippen molar-refractivity contribution in [2.75, 3.05) is 7.11 Å². The predicted molar refractivity (Wildman–Crippen MR) is 51.5 cm³/mol. The predicted octanol–water partition coefficient (Wildman–Crippen LogP) is 1.77. The molecule has 0 amide bonds. The van der Waals surface area contributed by atoms with Crippen LogP contribution in [0.2, 0.25) is 5.15 Å². The Labute approximate surface area is 85.1 Å². The van der Waals surface area contributed by atoms with E-state index in [4.69, 9.17) is 11.6 Å². The Morgan fingerprint density at radius 2 is 2.36 bits per heavy atom. The Kier molecular flexibility index (Phi) is 2.13. The SMILES string of the molecule is COC(=O)c1ccc(Cl)n2cncc12. The van der Waals surface area contributed by atoms with Gasteiger partial charge in [0.25, 0.3) is 0 Å². The highest BCUT2D eigenvalue weighted by atomic mass is 35.5. The summed E-state index contributed by atoms with van der Waals surface area (Å²) >= 11 is 5.89. The van der Waals surface area contributed by atoms with E-state index in [0.717, 1.165) is 0 Å². The Morgan fingerprint density at radius 3 is 3.07 bits per heavy atom. The molecule has 0 aliphatic carbocycles. The molecule has 0 bridgehead atoms. The molecule has 0 radical (unpaired) electrons. The van der Waals surface area contributed by atoms with Gasteiger partial charge in [0.2, 0.25) is 0 Å².